The van der Waals surface area contributed by atoms with E-state index in [0.717, 1.165) is 36.1 Å². The van der Waals surface area contributed by atoms with Gasteiger partial charge < -0.3 is 14.6 Å². The number of fused-ring (bicyclic) bond motifs is 1. The fourth-order valence-corrected chi connectivity index (χ4v) is 4.76. The molecule has 0 aliphatic heterocycles. The van der Waals surface area contributed by atoms with Crippen LogP contribution >= 0.6 is 11.3 Å². The van der Waals surface area contributed by atoms with E-state index in [1.165, 1.54) is 16.8 Å². The molecule has 1 aliphatic rings. The van der Waals surface area contributed by atoms with Gasteiger partial charge in [0.05, 0.1) is 17.8 Å². The smallest absolute Gasteiger partial charge is 0.290 e. The van der Waals surface area contributed by atoms with Gasteiger partial charge in [0.15, 0.2) is 22.5 Å². The molecular weight excluding hydrogens is 464 g/mol. The molecule has 0 bridgehead atoms. The van der Waals surface area contributed by atoms with Crippen LogP contribution < -0.4 is 15.6 Å². The number of amides is 1. The van der Waals surface area contributed by atoms with Crippen LogP contribution in [0.3, 0.4) is 0 Å². The van der Waals surface area contributed by atoms with Crippen LogP contribution in [-0.4, -0.2) is 31.4 Å². The molecule has 1 amide bonds. The van der Waals surface area contributed by atoms with E-state index in [2.05, 4.69) is 10.3 Å². The number of ether oxygens (including phenoxy) is 1. The molecule has 5 rings (SSSR count). The molecular formula is C23H23F2N5O3S. The summed E-state index contributed by atoms with van der Waals surface area (Å²) in [5, 5.41) is 4.58. The van der Waals surface area contributed by atoms with Crippen LogP contribution in [0.2, 0.25) is 0 Å². The number of halogens is 2. The third kappa shape index (κ3) is 4.00. The van der Waals surface area contributed by atoms with Crippen LogP contribution in [0.4, 0.5) is 13.9 Å². The topological polar surface area (TPSA) is 83.1 Å². The minimum absolute atomic E-state index is 0.0754. The van der Waals surface area contributed by atoms with Crippen molar-refractivity contribution in [3.63, 3.8) is 0 Å². The summed E-state index contributed by atoms with van der Waals surface area (Å²) in [6, 6.07) is 4.14. The zero-order valence-corrected chi connectivity index (χ0v) is 19.5. The van der Waals surface area contributed by atoms with Crippen molar-refractivity contribution < 1.29 is 18.3 Å². The molecule has 0 radical (unpaired) electrons. The molecule has 0 unspecified atom stereocenters. The van der Waals surface area contributed by atoms with Gasteiger partial charge in [-0.15, -0.1) is 11.3 Å². The number of anilines is 1. The molecule has 34 heavy (non-hydrogen) atoms. The number of carbonyl (C=O) groups is 1. The van der Waals surface area contributed by atoms with Crippen molar-refractivity contribution in [2.24, 2.45) is 20.0 Å². The molecule has 3 aromatic heterocycles. The average molecular weight is 488 g/mol. The Balaban J connectivity index is 1.28. The maximum absolute atomic E-state index is 14.5. The van der Waals surface area contributed by atoms with Crippen LogP contribution in [0, 0.1) is 17.6 Å². The summed E-state index contributed by atoms with van der Waals surface area (Å²) in [7, 11) is 3.42. The minimum Gasteiger partial charge on any atom is -0.487 e. The van der Waals surface area contributed by atoms with E-state index in [1.54, 1.807) is 41.0 Å². The molecule has 1 aromatic carbocycles. The number of nitrogens with zero attached hydrogens (tertiary/aromatic N) is 4. The first kappa shape index (κ1) is 22.3. The summed E-state index contributed by atoms with van der Waals surface area (Å²) in [6.07, 6.45) is 4.85. The fourth-order valence-electron chi connectivity index (χ4n) is 4.02. The molecule has 0 saturated heterocycles. The van der Waals surface area contributed by atoms with Crippen molar-refractivity contribution in [1.82, 2.24) is 18.9 Å². The van der Waals surface area contributed by atoms with Gasteiger partial charge in [-0.05, 0) is 37.0 Å². The summed E-state index contributed by atoms with van der Waals surface area (Å²) >= 11 is 1.14. The van der Waals surface area contributed by atoms with Crippen LogP contribution in [-0.2, 0) is 25.4 Å². The lowest BCUT2D eigenvalue weighted by Crippen LogP contribution is -2.22. The summed E-state index contributed by atoms with van der Waals surface area (Å²) < 4.78 is 39.1. The molecule has 0 spiro atoms. The van der Waals surface area contributed by atoms with Gasteiger partial charge in [-0.3, -0.25) is 19.0 Å². The van der Waals surface area contributed by atoms with Gasteiger partial charge >= 0.3 is 0 Å². The van der Waals surface area contributed by atoms with E-state index >= 15 is 0 Å². The number of hydrogen-bond donors (Lipinski definition) is 1. The number of nitrogens with one attached hydrogen (secondary N) is 1. The number of thiazole rings is 1. The van der Waals surface area contributed by atoms with E-state index in [1.807, 2.05) is 0 Å². The summed E-state index contributed by atoms with van der Waals surface area (Å²) in [4.78, 5) is 29.3. The quantitative estimate of drug-likeness (QED) is 0.429. The SMILES string of the molecule is Cn1c(=O)c2c(ccn2CC(=O)Nc2nc(-c3cc(F)c(OCC4CCC4)c(F)c3)cs2)n1C. The number of benzene rings is 1. The van der Waals surface area contributed by atoms with Crippen molar-refractivity contribution in [1.29, 1.82) is 0 Å². The normalized spacial score (nSPS) is 13.9. The summed E-state index contributed by atoms with van der Waals surface area (Å²) in [5.74, 6) is -1.95. The van der Waals surface area contributed by atoms with Crippen LogP contribution in [0.5, 0.6) is 5.75 Å². The minimum atomic E-state index is -0.783. The first-order chi connectivity index (χ1) is 16.3. The highest BCUT2D eigenvalue weighted by Gasteiger charge is 2.21. The molecule has 8 nitrogen and oxygen atoms in total. The Labute approximate surface area is 197 Å². The lowest BCUT2D eigenvalue weighted by molar-refractivity contribution is -0.116. The number of rotatable bonds is 7. The van der Waals surface area contributed by atoms with Crippen molar-refractivity contribution in [3.8, 4) is 17.0 Å². The van der Waals surface area contributed by atoms with Gasteiger partial charge in [-0.1, -0.05) is 6.42 Å². The van der Waals surface area contributed by atoms with Gasteiger partial charge in [0.25, 0.3) is 5.56 Å². The molecule has 11 heteroatoms. The lowest BCUT2D eigenvalue weighted by Gasteiger charge is -2.25. The Morgan fingerprint density at radius 2 is 1.97 bits per heavy atom. The Morgan fingerprint density at radius 1 is 1.24 bits per heavy atom. The number of aromatic nitrogens is 4. The van der Waals surface area contributed by atoms with Gasteiger partial charge in [-0.25, -0.2) is 13.8 Å². The van der Waals surface area contributed by atoms with E-state index in [9.17, 15) is 18.4 Å². The summed E-state index contributed by atoms with van der Waals surface area (Å²) in [6.45, 7) is 0.233. The Hall–Kier alpha value is -3.47. The molecule has 1 aliphatic carbocycles. The first-order valence-electron chi connectivity index (χ1n) is 10.9. The highest BCUT2D eigenvalue weighted by atomic mass is 32.1. The number of carbonyl (C=O) groups excluding carboxylic acids is 1. The Morgan fingerprint density at radius 3 is 2.65 bits per heavy atom. The van der Waals surface area contributed by atoms with Gasteiger partial charge in [0.1, 0.15) is 12.1 Å². The highest BCUT2D eigenvalue weighted by Crippen LogP contribution is 2.33. The highest BCUT2D eigenvalue weighted by molar-refractivity contribution is 7.14. The third-order valence-corrected chi connectivity index (χ3v) is 7.04. The van der Waals surface area contributed by atoms with E-state index < -0.39 is 11.6 Å². The molecule has 178 valence electrons. The maximum atomic E-state index is 14.5. The van der Waals surface area contributed by atoms with Crippen LogP contribution in [0.25, 0.3) is 22.3 Å². The number of aryl methyl sites for hydroxylation is 1. The summed E-state index contributed by atoms with van der Waals surface area (Å²) in [5.41, 5.74) is 1.55. The predicted molar refractivity (Wildman–Crippen MR) is 125 cm³/mol. The first-order valence-corrected chi connectivity index (χ1v) is 11.8. The Kier molecular flexibility index (Phi) is 5.72. The van der Waals surface area contributed by atoms with Gasteiger partial charge in [0, 0.05) is 31.2 Å². The fraction of sp³-hybridized carbons (Fsp3) is 0.348. The van der Waals surface area contributed by atoms with Gasteiger partial charge in [-0.2, -0.15) is 0 Å². The number of hydrogen-bond acceptors (Lipinski definition) is 5. The van der Waals surface area contributed by atoms with Crippen LogP contribution in [0.1, 0.15) is 19.3 Å². The largest absolute Gasteiger partial charge is 0.487 e. The zero-order chi connectivity index (χ0) is 24.0. The van der Waals surface area contributed by atoms with Crippen molar-refractivity contribution in [3.05, 3.63) is 51.8 Å². The average Bonchev–Trinajstić information content (AvgIpc) is 3.44. The zero-order valence-electron chi connectivity index (χ0n) is 18.7. The Bertz CT molecular complexity index is 1420. The van der Waals surface area contributed by atoms with Crippen molar-refractivity contribution in [2.45, 2.75) is 25.8 Å². The third-order valence-electron chi connectivity index (χ3n) is 6.28. The molecule has 1 saturated carbocycles. The second kappa shape index (κ2) is 8.71. The second-order valence-corrected chi connectivity index (χ2v) is 9.35. The van der Waals surface area contributed by atoms with E-state index in [4.69, 9.17) is 4.74 Å². The molecule has 1 fully saturated rings. The standard InChI is InChI=1S/C23H23F2N5O3S/c1-28-18-6-7-30(20(18)22(32)29(28)2)10-19(31)27-23-26-17(12-34-23)14-8-15(24)21(16(25)9-14)33-11-13-4-3-5-13/h6-9,12-13H,3-5,10-11H2,1-2H3,(H,26,27,31). The van der Waals surface area contributed by atoms with Crippen LogP contribution in [0.15, 0.2) is 34.6 Å². The van der Waals surface area contributed by atoms with Gasteiger partial charge in [0.2, 0.25) is 5.91 Å². The van der Waals surface area contributed by atoms with E-state index in [-0.39, 0.29) is 34.5 Å². The molecule has 3 heterocycles. The predicted octanol–water partition coefficient (Wildman–Crippen LogP) is 3.90. The molecule has 4 aromatic rings. The van der Waals surface area contributed by atoms with E-state index in [0.29, 0.717) is 23.7 Å². The second-order valence-electron chi connectivity index (χ2n) is 8.49. The molecule has 0 atom stereocenters. The monoisotopic (exact) mass is 487 g/mol. The van der Waals surface area contributed by atoms with Crippen molar-refractivity contribution in [2.75, 3.05) is 11.9 Å². The maximum Gasteiger partial charge on any atom is 0.290 e. The molecule has 1 N–H and O–H groups in total. The lowest BCUT2D eigenvalue weighted by atomic mass is 9.86. The van der Waals surface area contributed by atoms with Crippen molar-refractivity contribution >= 4 is 33.4 Å².